The van der Waals surface area contributed by atoms with E-state index in [2.05, 4.69) is 5.32 Å². The molecule has 4 heteroatoms. The van der Waals surface area contributed by atoms with E-state index in [-0.39, 0.29) is 12.1 Å². The second-order valence-electron chi connectivity index (χ2n) is 3.20. The first-order chi connectivity index (χ1) is 5.74. The van der Waals surface area contributed by atoms with Crippen molar-refractivity contribution in [3.05, 3.63) is 0 Å². The molecular formula is C8H18N2O2. The van der Waals surface area contributed by atoms with Gasteiger partial charge in [-0.1, -0.05) is 6.92 Å². The summed E-state index contributed by atoms with van der Waals surface area (Å²) in [5.74, 6) is 0. The summed E-state index contributed by atoms with van der Waals surface area (Å²) in [5.41, 5.74) is 5.57. The Morgan fingerprint density at radius 1 is 1.58 bits per heavy atom. The summed E-state index contributed by atoms with van der Waals surface area (Å²) >= 11 is 0. The fourth-order valence-corrected chi connectivity index (χ4v) is 1.34. The molecule has 4 N–H and O–H groups in total. The van der Waals surface area contributed by atoms with Crippen LogP contribution in [-0.2, 0) is 4.74 Å². The second-order valence-corrected chi connectivity index (χ2v) is 3.20. The monoisotopic (exact) mass is 174 g/mol. The van der Waals surface area contributed by atoms with Crippen LogP contribution >= 0.6 is 0 Å². The lowest BCUT2D eigenvalue weighted by Crippen LogP contribution is -2.46. The van der Waals surface area contributed by atoms with Crippen LogP contribution in [0.3, 0.4) is 0 Å². The van der Waals surface area contributed by atoms with Gasteiger partial charge in [0, 0.05) is 6.54 Å². The summed E-state index contributed by atoms with van der Waals surface area (Å²) in [5, 5.41) is 12.4. The Kier molecular flexibility index (Phi) is 3.94. The number of nitrogens with two attached hydrogens (primary N) is 1. The third-order valence-electron chi connectivity index (χ3n) is 2.14. The van der Waals surface area contributed by atoms with E-state index in [1.165, 1.54) is 0 Å². The number of hydrogen-bond acceptors (Lipinski definition) is 4. The molecule has 1 aliphatic rings. The van der Waals surface area contributed by atoms with E-state index in [1.807, 2.05) is 6.92 Å². The molecule has 0 aromatic carbocycles. The van der Waals surface area contributed by atoms with E-state index < -0.39 is 6.29 Å². The maximum absolute atomic E-state index is 9.27. The minimum Gasteiger partial charge on any atom is -0.367 e. The lowest BCUT2D eigenvalue weighted by atomic mass is 10.0. The van der Waals surface area contributed by atoms with Gasteiger partial charge < -0.3 is 20.9 Å². The molecule has 72 valence electrons. The van der Waals surface area contributed by atoms with Gasteiger partial charge in [0.1, 0.15) is 0 Å². The molecular weight excluding hydrogens is 156 g/mol. The van der Waals surface area contributed by atoms with Crippen LogP contribution in [0, 0.1) is 0 Å². The fourth-order valence-electron chi connectivity index (χ4n) is 1.34. The van der Waals surface area contributed by atoms with Crippen molar-refractivity contribution in [3.63, 3.8) is 0 Å². The smallest absolute Gasteiger partial charge is 0.170 e. The van der Waals surface area contributed by atoms with Crippen LogP contribution in [0.2, 0.25) is 0 Å². The molecule has 1 rings (SSSR count). The van der Waals surface area contributed by atoms with E-state index in [9.17, 15) is 5.11 Å². The summed E-state index contributed by atoms with van der Waals surface area (Å²) in [6.45, 7) is 3.78. The Bertz CT molecular complexity index is 130. The molecule has 0 amide bonds. The molecule has 1 saturated heterocycles. The van der Waals surface area contributed by atoms with E-state index in [4.69, 9.17) is 10.5 Å². The summed E-state index contributed by atoms with van der Waals surface area (Å²) in [6, 6.07) is -0.206. The average molecular weight is 174 g/mol. The fraction of sp³-hybridized carbons (Fsp3) is 1.00. The molecule has 0 aromatic rings. The van der Waals surface area contributed by atoms with E-state index in [1.54, 1.807) is 0 Å². The van der Waals surface area contributed by atoms with Crippen molar-refractivity contribution in [3.8, 4) is 0 Å². The topological polar surface area (TPSA) is 67.5 Å². The van der Waals surface area contributed by atoms with Crippen LogP contribution in [0.25, 0.3) is 0 Å². The molecule has 0 aliphatic carbocycles. The van der Waals surface area contributed by atoms with Crippen LogP contribution in [-0.4, -0.2) is 36.6 Å². The van der Waals surface area contributed by atoms with Crippen molar-refractivity contribution in [2.24, 2.45) is 5.73 Å². The molecule has 1 aliphatic heterocycles. The third-order valence-corrected chi connectivity index (χ3v) is 2.14. The first kappa shape index (κ1) is 9.92. The Labute approximate surface area is 73.1 Å². The zero-order valence-electron chi connectivity index (χ0n) is 7.49. The molecule has 1 heterocycles. The Balaban J connectivity index is 2.21. The van der Waals surface area contributed by atoms with Gasteiger partial charge in [-0.15, -0.1) is 0 Å². The highest BCUT2D eigenvalue weighted by Gasteiger charge is 2.26. The highest BCUT2D eigenvalue weighted by molar-refractivity contribution is 4.76. The Morgan fingerprint density at radius 3 is 2.92 bits per heavy atom. The SMILES string of the molecule is CCNC[C@@H]1CC[C@@H](N)[C@@H](O)O1. The van der Waals surface area contributed by atoms with E-state index in [0.29, 0.717) is 0 Å². The summed E-state index contributed by atoms with van der Waals surface area (Å²) in [6.07, 6.45) is 1.13. The number of ether oxygens (including phenoxy) is 1. The highest BCUT2D eigenvalue weighted by atomic mass is 16.6. The zero-order valence-corrected chi connectivity index (χ0v) is 7.49. The average Bonchev–Trinajstić information content (AvgIpc) is 2.07. The molecule has 0 unspecified atom stereocenters. The molecule has 0 saturated carbocycles. The molecule has 0 aromatic heterocycles. The van der Waals surface area contributed by atoms with Gasteiger partial charge in [0.25, 0.3) is 0 Å². The zero-order chi connectivity index (χ0) is 8.97. The van der Waals surface area contributed by atoms with Crippen LogP contribution in [0.15, 0.2) is 0 Å². The molecule has 1 fully saturated rings. The van der Waals surface area contributed by atoms with Crippen LogP contribution in [0.4, 0.5) is 0 Å². The molecule has 0 bridgehead atoms. The van der Waals surface area contributed by atoms with E-state index in [0.717, 1.165) is 25.9 Å². The summed E-state index contributed by atoms with van der Waals surface area (Å²) in [4.78, 5) is 0. The minimum absolute atomic E-state index is 0.125. The number of rotatable bonds is 3. The summed E-state index contributed by atoms with van der Waals surface area (Å²) in [7, 11) is 0. The lowest BCUT2D eigenvalue weighted by molar-refractivity contribution is -0.170. The lowest BCUT2D eigenvalue weighted by Gasteiger charge is -2.31. The number of aliphatic hydroxyl groups excluding tert-OH is 1. The van der Waals surface area contributed by atoms with Gasteiger partial charge in [0.05, 0.1) is 12.1 Å². The molecule has 4 nitrogen and oxygen atoms in total. The van der Waals surface area contributed by atoms with Gasteiger partial charge in [-0.2, -0.15) is 0 Å². The van der Waals surface area contributed by atoms with Gasteiger partial charge in [-0.25, -0.2) is 0 Å². The van der Waals surface area contributed by atoms with Crippen molar-refractivity contribution >= 4 is 0 Å². The highest BCUT2D eigenvalue weighted by Crippen LogP contribution is 2.15. The maximum atomic E-state index is 9.27. The van der Waals surface area contributed by atoms with Crippen LogP contribution in [0.5, 0.6) is 0 Å². The van der Waals surface area contributed by atoms with Crippen molar-refractivity contribution in [1.29, 1.82) is 0 Å². The summed E-state index contributed by atoms with van der Waals surface area (Å²) < 4.78 is 5.27. The number of likely N-dealkylation sites (N-methyl/N-ethyl adjacent to an activating group) is 1. The van der Waals surface area contributed by atoms with Gasteiger partial charge in [-0.3, -0.25) is 0 Å². The van der Waals surface area contributed by atoms with Gasteiger partial charge in [-0.05, 0) is 19.4 Å². The van der Waals surface area contributed by atoms with Gasteiger partial charge >= 0.3 is 0 Å². The predicted molar refractivity (Wildman–Crippen MR) is 46.6 cm³/mol. The predicted octanol–water partition coefficient (Wildman–Crippen LogP) is -0.579. The first-order valence-corrected chi connectivity index (χ1v) is 4.54. The largest absolute Gasteiger partial charge is 0.367 e. The normalized spacial score (nSPS) is 36.8. The van der Waals surface area contributed by atoms with Crippen LogP contribution < -0.4 is 11.1 Å². The third kappa shape index (κ3) is 2.71. The molecule has 0 radical (unpaired) electrons. The van der Waals surface area contributed by atoms with Gasteiger partial charge in [0.15, 0.2) is 6.29 Å². The maximum Gasteiger partial charge on any atom is 0.170 e. The number of aliphatic hydroxyl groups is 1. The van der Waals surface area contributed by atoms with Gasteiger partial charge in [0.2, 0.25) is 0 Å². The molecule has 0 spiro atoms. The van der Waals surface area contributed by atoms with Crippen LogP contribution in [0.1, 0.15) is 19.8 Å². The Morgan fingerprint density at radius 2 is 2.33 bits per heavy atom. The van der Waals surface area contributed by atoms with E-state index >= 15 is 0 Å². The van der Waals surface area contributed by atoms with Crippen molar-refractivity contribution in [2.45, 2.75) is 38.2 Å². The second kappa shape index (κ2) is 4.77. The molecule has 12 heavy (non-hydrogen) atoms. The first-order valence-electron chi connectivity index (χ1n) is 4.54. The Hall–Kier alpha value is -0.160. The van der Waals surface area contributed by atoms with Crippen molar-refractivity contribution in [1.82, 2.24) is 5.32 Å². The molecule has 3 atom stereocenters. The minimum atomic E-state index is -0.776. The van der Waals surface area contributed by atoms with Crippen molar-refractivity contribution in [2.75, 3.05) is 13.1 Å². The quantitative estimate of drug-likeness (QED) is 0.535. The van der Waals surface area contributed by atoms with Crippen molar-refractivity contribution < 1.29 is 9.84 Å². The standard InChI is InChI=1S/C8H18N2O2/c1-2-10-5-6-3-4-7(9)8(11)12-6/h6-8,10-11H,2-5,9H2,1H3/t6-,7+,8-/m0/s1. The number of hydrogen-bond donors (Lipinski definition) is 3. The number of nitrogens with one attached hydrogen (secondary N) is 1.